The maximum Gasteiger partial charge on any atom is 0.125 e. The van der Waals surface area contributed by atoms with Crippen molar-refractivity contribution in [2.75, 3.05) is 25.1 Å². The third-order valence-electron chi connectivity index (χ3n) is 4.04. The van der Waals surface area contributed by atoms with Crippen molar-refractivity contribution in [2.24, 2.45) is 11.7 Å². The van der Waals surface area contributed by atoms with E-state index in [4.69, 9.17) is 10.5 Å². The number of benzene rings is 1. The molecule has 1 aliphatic heterocycles. The van der Waals surface area contributed by atoms with Crippen molar-refractivity contribution in [1.82, 2.24) is 0 Å². The maximum atomic E-state index is 6.15. The summed E-state index contributed by atoms with van der Waals surface area (Å²) in [5.74, 6) is 1.74. The summed E-state index contributed by atoms with van der Waals surface area (Å²) >= 11 is 0. The van der Waals surface area contributed by atoms with Gasteiger partial charge in [0.25, 0.3) is 0 Å². The Balaban J connectivity index is 2.25. The Morgan fingerprint density at radius 1 is 1.47 bits per heavy atom. The van der Waals surface area contributed by atoms with Crippen LogP contribution in [0.1, 0.15) is 44.7 Å². The summed E-state index contributed by atoms with van der Waals surface area (Å²) in [7, 11) is 1.72. The normalized spacial score (nSPS) is 20.6. The molecule has 1 fully saturated rings. The van der Waals surface area contributed by atoms with Crippen LogP contribution < -0.4 is 15.4 Å². The third kappa shape index (κ3) is 3.03. The van der Waals surface area contributed by atoms with Gasteiger partial charge < -0.3 is 15.4 Å². The standard InChI is InChI=1S/C16H26N2O/c1-4-6-13-9-10-18(11-13)14-7-5-8-15(19-3)16(14)12(2)17/h5,7-8,12-13H,4,6,9-11,17H2,1-3H3. The summed E-state index contributed by atoms with van der Waals surface area (Å²) in [4.78, 5) is 2.47. The van der Waals surface area contributed by atoms with Gasteiger partial charge in [-0.2, -0.15) is 0 Å². The highest BCUT2D eigenvalue weighted by atomic mass is 16.5. The zero-order valence-electron chi connectivity index (χ0n) is 12.4. The molecule has 106 valence electrons. The predicted molar refractivity (Wildman–Crippen MR) is 80.8 cm³/mol. The largest absolute Gasteiger partial charge is 0.496 e. The van der Waals surface area contributed by atoms with Crippen LogP contribution >= 0.6 is 0 Å². The predicted octanol–water partition coefficient (Wildman–Crippen LogP) is 3.34. The molecule has 1 aliphatic rings. The van der Waals surface area contributed by atoms with Gasteiger partial charge in [0.1, 0.15) is 5.75 Å². The topological polar surface area (TPSA) is 38.5 Å². The fourth-order valence-electron chi connectivity index (χ4n) is 3.14. The van der Waals surface area contributed by atoms with Crippen LogP contribution in [0.5, 0.6) is 5.75 Å². The van der Waals surface area contributed by atoms with E-state index in [1.807, 2.05) is 13.0 Å². The van der Waals surface area contributed by atoms with Crippen molar-refractivity contribution in [3.8, 4) is 5.75 Å². The van der Waals surface area contributed by atoms with Gasteiger partial charge in [-0.05, 0) is 37.8 Å². The third-order valence-corrected chi connectivity index (χ3v) is 4.04. The number of anilines is 1. The molecule has 1 saturated heterocycles. The molecule has 19 heavy (non-hydrogen) atoms. The van der Waals surface area contributed by atoms with Crippen LogP contribution in [0, 0.1) is 5.92 Å². The Bertz CT molecular complexity index is 417. The Hall–Kier alpha value is -1.22. The van der Waals surface area contributed by atoms with Crippen molar-refractivity contribution in [2.45, 2.75) is 39.2 Å². The maximum absolute atomic E-state index is 6.15. The molecule has 0 aromatic heterocycles. The molecule has 0 saturated carbocycles. The summed E-state index contributed by atoms with van der Waals surface area (Å²) in [6.45, 7) is 6.58. The lowest BCUT2D eigenvalue weighted by Gasteiger charge is -2.25. The van der Waals surface area contributed by atoms with E-state index in [1.165, 1.54) is 24.9 Å². The van der Waals surface area contributed by atoms with Gasteiger partial charge in [0, 0.05) is 30.4 Å². The second kappa shape index (κ2) is 6.29. The minimum Gasteiger partial charge on any atom is -0.496 e. The minimum atomic E-state index is -0.00336. The Labute approximate surface area is 116 Å². The van der Waals surface area contributed by atoms with Gasteiger partial charge in [0.2, 0.25) is 0 Å². The fraction of sp³-hybridized carbons (Fsp3) is 0.625. The lowest BCUT2D eigenvalue weighted by molar-refractivity contribution is 0.407. The molecular weight excluding hydrogens is 236 g/mol. The molecule has 2 rings (SSSR count). The number of rotatable bonds is 5. The number of nitrogens with zero attached hydrogens (tertiary/aromatic N) is 1. The van der Waals surface area contributed by atoms with Gasteiger partial charge in [-0.15, -0.1) is 0 Å². The minimum absolute atomic E-state index is 0.00336. The molecule has 0 aliphatic carbocycles. The SMILES string of the molecule is CCCC1CCN(c2cccc(OC)c2C(C)N)C1. The number of ether oxygens (including phenoxy) is 1. The molecule has 0 spiro atoms. The number of nitrogens with two attached hydrogens (primary N) is 1. The Morgan fingerprint density at radius 2 is 2.26 bits per heavy atom. The number of hydrogen-bond acceptors (Lipinski definition) is 3. The average Bonchev–Trinajstić information content (AvgIpc) is 2.86. The molecule has 0 amide bonds. The number of hydrogen-bond donors (Lipinski definition) is 1. The van der Waals surface area contributed by atoms with E-state index in [1.54, 1.807) is 7.11 Å². The van der Waals surface area contributed by atoms with Gasteiger partial charge >= 0.3 is 0 Å². The van der Waals surface area contributed by atoms with Crippen LogP contribution in [0.4, 0.5) is 5.69 Å². The first-order valence-corrected chi connectivity index (χ1v) is 7.34. The van der Waals surface area contributed by atoms with Gasteiger partial charge in [0.05, 0.1) is 7.11 Å². The molecule has 0 radical (unpaired) electrons. The first-order chi connectivity index (χ1) is 9.17. The first-order valence-electron chi connectivity index (χ1n) is 7.34. The summed E-state index contributed by atoms with van der Waals surface area (Å²) in [5.41, 5.74) is 8.54. The molecule has 2 N–H and O–H groups in total. The van der Waals surface area contributed by atoms with E-state index in [0.717, 1.165) is 30.3 Å². The van der Waals surface area contributed by atoms with Gasteiger partial charge in [-0.25, -0.2) is 0 Å². The van der Waals surface area contributed by atoms with Crippen molar-refractivity contribution in [1.29, 1.82) is 0 Å². The van der Waals surface area contributed by atoms with Crippen LogP contribution in [0.15, 0.2) is 18.2 Å². The van der Waals surface area contributed by atoms with E-state index in [0.29, 0.717) is 0 Å². The quantitative estimate of drug-likeness (QED) is 0.884. The van der Waals surface area contributed by atoms with Gasteiger partial charge in [-0.1, -0.05) is 19.4 Å². The zero-order valence-corrected chi connectivity index (χ0v) is 12.4. The van der Waals surface area contributed by atoms with E-state index in [2.05, 4.69) is 24.0 Å². The number of methoxy groups -OCH3 is 1. The van der Waals surface area contributed by atoms with E-state index < -0.39 is 0 Å². The zero-order chi connectivity index (χ0) is 13.8. The molecule has 2 atom stereocenters. The van der Waals surface area contributed by atoms with Crippen molar-refractivity contribution in [3.63, 3.8) is 0 Å². The highest BCUT2D eigenvalue weighted by Gasteiger charge is 2.25. The van der Waals surface area contributed by atoms with Crippen molar-refractivity contribution < 1.29 is 4.74 Å². The highest BCUT2D eigenvalue weighted by molar-refractivity contribution is 5.61. The smallest absolute Gasteiger partial charge is 0.125 e. The van der Waals surface area contributed by atoms with Gasteiger partial charge in [-0.3, -0.25) is 0 Å². The van der Waals surface area contributed by atoms with E-state index >= 15 is 0 Å². The lowest BCUT2D eigenvalue weighted by atomic mass is 10.0. The Kier molecular flexibility index (Phi) is 4.70. The molecule has 3 nitrogen and oxygen atoms in total. The van der Waals surface area contributed by atoms with Crippen LogP contribution in [0.25, 0.3) is 0 Å². The Morgan fingerprint density at radius 3 is 2.89 bits per heavy atom. The van der Waals surface area contributed by atoms with E-state index in [-0.39, 0.29) is 6.04 Å². The highest BCUT2D eigenvalue weighted by Crippen LogP contribution is 2.36. The van der Waals surface area contributed by atoms with Crippen molar-refractivity contribution in [3.05, 3.63) is 23.8 Å². The second-order valence-electron chi connectivity index (χ2n) is 5.57. The monoisotopic (exact) mass is 262 g/mol. The summed E-state index contributed by atoms with van der Waals surface area (Å²) in [6.07, 6.45) is 3.90. The molecular formula is C16H26N2O. The molecule has 2 unspecified atom stereocenters. The molecule has 1 heterocycles. The molecule has 1 aromatic carbocycles. The van der Waals surface area contributed by atoms with Crippen LogP contribution in [0.3, 0.4) is 0 Å². The van der Waals surface area contributed by atoms with Crippen LogP contribution in [-0.4, -0.2) is 20.2 Å². The molecule has 1 aromatic rings. The fourth-order valence-corrected chi connectivity index (χ4v) is 3.14. The summed E-state index contributed by atoms with van der Waals surface area (Å²) in [6, 6.07) is 6.24. The molecule has 0 bridgehead atoms. The first kappa shape index (κ1) is 14.2. The molecule has 3 heteroatoms. The van der Waals surface area contributed by atoms with Crippen LogP contribution in [0.2, 0.25) is 0 Å². The van der Waals surface area contributed by atoms with Gasteiger partial charge in [0.15, 0.2) is 0 Å². The summed E-state index contributed by atoms with van der Waals surface area (Å²) in [5, 5.41) is 0. The average molecular weight is 262 g/mol. The lowest BCUT2D eigenvalue weighted by Crippen LogP contribution is -2.23. The van der Waals surface area contributed by atoms with E-state index in [9.17, 15) is 0 Å². The second-order valence-corrected chi connectivity index (χ2v) is 5.57. The summed E-state index contributed by atoms with van der Waals surface area (Å²) < 4.78 is 5.47. The van der Waals surface area contributed by atoms with Crippen LogP contribution in [-0.2, 0) is 0 Å². The van der Waals surface area contributed by atoms with Crippen molar-refractivity contribution >= 4 is 5.69 Å².